The van der Waals surface area contributed by atoms with Crippen molar-refractivity contribution < 1.29 is 27.5 Å². The van der Waals surface area contributed by atoms with Gasteiger partial charge in [-0.05, 0) is 49.9 Å². The number of hydrogen-bond acceptors (Lipinski definition) is 6. The first-order valence-corrected chi connectivity index (χ1v) is 9.91. The van der Waals surface area contributed by atoms with E-state index in [4.69, 9.17) is 9.47 Å². The van der Waals surface area contributed by atoms with E-state index in [0.717, 1.165) is 0 Å². The van der Waals surface area contributed by atoms with E-state index in [1.54, 1.807) is 31.2 Å². The van der Waals surface area contributed by atoms with Gasteiger partial charge in [-0.2, -0.15) is 0 Å². The average molecular weight is 382 g/mol. The number of ether oxygens (including phenoxy) is 2. The van der Waals surface area contributed by atoms with Gasteiger partial charge in [0, 0.05) is 19.3 Å². The number of hydrogen-bond donors (Lipinski definition) is 1. The summed E-state index contributed by atoms with van der Waals surface area (Å²) in [6, 6.07) is 6.40. The van der Waals surface area contributed by atoms with Gasteiger partial charge in [0.05, 0.1) is 6.61 Å². The van der Waals surface area contributed by atoms with Crippen LogP contribution in [0.15, 0.2) is 24.3 Å². The fraction of sp³-hybridized carbons (Fsp3) is 0.529. The second-order valence-corrected chi connectivity index (χ2v) is 8.78. The van der Waals surface area contributed by atoms with Crippen molar-refractivity contribution >= 4 is 27.6 Å². The topological polar surface area (TPSA) is 102 Å². The number of benzene rings is 1. The highest BCUT2D eigenvalue weighted by Crippen LogP contribution is 2.56. The Morgan fingerprint density at radius 1 is 1.31 bits per heavy atom. The number of sulfonamides is 1. The molecule has 0 radical (unpaired) electrons. The van der Waals surface area contributed by atoms with Crippen molar-refractivity contribution in [3.8, 4) is 5.75 Å². The van der Waals surface area contributed by atoms with Crippen LogP contribution in [0.5, 0.6) is 5.75 Å². The number of carbonyl (C=O) groups excluding carboxylic acids is 2. The van der Waals surface area contributed by atoms with E-state index < -0.39 is 26.6 Å². The largest absolute Gasteiger partial charge is 0.482 e. The molecule has 1 amide bonds. The van der Waals surface area contributed by atoms with Crippen LogP contribution in [-0.2, 0) is 24.3 Å². The summed E-state index contributed by atoms with van der Waals surface area (Å²) in [4.78, 5) is 23.9. The summed E-state index contributed by atoms with van der Waals surface area (Å²) in [6.07, 6.45) is 1.07. The molecule has 0 spiro atoms. The number of nitrogens with one attached hydrogen (secondary N) is 1. The Bertz CT molecular complexity index is 807. The Hall–Kier alpha value is -2.13. The Morgan fingerprint density at radius 3 is 2.65 bits per heavy atom. The number of fused-ring (bicyclic) bond motifs is 1. The predicted molar refractivity (Wildman–Crippen MR) is 94.2 cm³/mol. The number of amides is 1. The van der Waals surface area contributed by atoms with Gasteiger partial charge in [-0.25, -0.2) is 17.5 Å². The van der Waals surface area contributed by atoms with E-state index >= 15 is 0 Å². The summed E-state index contributed by atoms with van der Waals surface area (Å²) in [5.41, 5.74) is 0.474. The molecule has 0 unspecified atom stereocenters. The van der Waals surface area contributed by atoms with Crippen molar-refractivity contribution in [3.05, 3.63) is 24.3 Å². The molecule has 1 aromatic carbocycles. The van der Waals surface area contributed by atoms with E-state index in [1.807, 2.05) is 0 Å². The lowest BCUT2D eigenvalue weighted by atomic mass is 10.2. The lowest BCUT2D eigenvalue weighted by molar-refractivity contribution is -0.145. The molecule has 1 saturated heterocycles. The molecule has 1 aromatic rings. The van der Waals surface area contributed by atoms with Crippen LogP contribution in [0.25, 0.3) is 0 Å². The molecular weight excluding hydrogens is 360 g/mol. The van der Waals surface area contributed by atoms with Gasteiger partial charge in [-0.15, -0.1) is 0 Å². The van der Waals surface area contributed by atoms with Crippen molar-refractivity contribution in [3.63, 3.8) is 0 Å². The third-order valence-corrected chi connectivity index (χ3v) is 7.48. The van der Waals surface area contributed by atoms with Crippen LogP contribution < -0.4 is 10.1 Å². The van der Waals surface area contributed by atoms with Crippen molar-refractivity contribution in [1.82, 2.24) is 4.31 Å². The van der Waals surface area contributed by atoms with Crippen LogP contribution in [-0.4, -0.2) is 56.2 Å². The molecule has 1 saturated carbocycles. The lowest BCUT2D eigenvalue weighted by Crippen LogP contribution is -2.50. The third kappa shape index (κ3) is 3.16. The smallest absolute Gasteiger partial charge is 0.344 e. The third-order valence-electron chi connectivity index (χ3n) is 4.87. The summed E-state index contributed by atoms with van der Waals surface area (Å²) in [5, 5.41) is 2.69. The first-order valence-electron chi connectivity index (χ1n) is 8.47. The maximum atomic E-state index is 12.7. The van der Waals surface area contributed by atoms with E-state index in [1.165, 1.54) is 11.4 Å². The van der Waals surface area contributed by atoms with E-state index in [9.17, 15) is 18.0 Å². The average Bonchev–Trinajstić information content (AvgIpc) is 3.36. The second kappa shape index (κ2) is 6.88. The van der Waals surface area contributed by atoms with E-state index in [0.29, 0.717) is 30.8 Å². The SMILES string of the molecule is CCOC(=O)COc1ccc(NC(=O)[C@]23C[C@@H]2CCN(C)S3(=O)=O)cc1. The van der Waals surface area contributed by atoms with Gasteiger partial charge in [-0.1, -0.05) is 0 Å². The van der Waals surface area contributed by atoms with Gasteiger partial charge in [-0.3, -0.25) is 4.79 Å². The number of carbonyl (C=O) groups is 2. The molecule has 8 nitrogen and oxygen atoms in total. The molecular formula is C17H22N2O6S. The Kier molecular flexibility index (Phi) is 4.94. The molecule has 9 heteroatoms. The summed E-state index contributed by atoms with van der Waals surface area (Å²) in [6.45, 7) is 2.25. The molecule has 2 atom stereocenters. The zero-order chi connectivity index (χ0) is 18.9. The van der Waals surface area contributed by atoms with Crippen LogP contribution in [0, 0.1) is 5.92 Å². The molecule has 1 N–H and O–H groups in total. The first-order chi connectivity index (χ1) is 12.3. The molecule has 1 heterocycles. The van der Waals surface area contributed by atoms with Crippen LogP contribution in [0.2, 0.25) is 0 Å². The minimum absolute atomic E-state index is 0.115. The maximum absolute atomic E-state index is 12.7. The number of esters is 1. The fourth-order valence-corrected chi connectivity index (χ4v) is 5.44. The Morgan fingerprint density at radius 2 is 2.00 bits per heavy atom. The van der Waals surface area contributed by atoms with Crippen molar-refractivity contribution in [1.29, 1.82) is 0 Å². The van der Waals surface area contributed by atoms with Gasteiger partial charge < -0.3 is 14.8 Å². The maximum Gasteiger partial charge on any atom is 0.344 e. The molecule has 3 rings (SSSR count). The van der Waals surface area contributed by atoms with Gasteiger partial charge in [0.2, 0.25) is 15.9 Å². The summed E-state index contributed by atoms with van der Waals surface area (Å²) < 4.78 is 35.1. The highest BCUT2D eigenvalue weighted by Gasteiger charge is 2.71. The number of anilines is 1. The standard InChI is InChI=1S/C17H22N2O6S/c1-3-24-15(20)11-25-14-6-4-13(5-7-14)18-16(21)17-10-12(17)8-9-19(2)26(17,22)23/h4-7,12H,3,8-11H2,1-2H3,(H,18,21)/t12-,17-/m0/s1. The normalized spacial score (nSPS) is 26.5. The number of nitrogens with zero attached hydrogens (tertiary/aromatic N) is 1. The van der Waals surface area contributed by atoms with E-state index in [2.05, 4.69) is 5.32 Å². The van der Waals surface area contributed by atoms with Crippen LogP contribution in [0.3, 0.4) is 0 Å². The number of rotatable bonds is 6. The molecule has 26 heavy (non-hydrogen) atoms. The highest BCUT2D eigenvalue weighted by atomic mass is 32.2. The molecule has 0 aromatic heterocycles. The van der Waals surface area contributed by atoms with Crippen LogP contribution in [0.4, 0.5) is 5.69 Å². The van der Waals surface area contributed by atoms with Gasteiger partial charge in [0.15, 0.2) is 11.4 Å². The van der Waals surface area contributed by atoms with Gasteiger partial charge in [0.25, 0.3) is 0 Å². The minimum atomic E-state index is -3.63. The summed E-state index contributed by atoms with van der Waals surface area (Å²) >= 11 is 0. The molecule has 1 aliphatic carbocycles. The summed E-state index contributed by atoms with van der Waals surface area (Å²) in [7, 11) is -2.13. The van der Waals surface area contributed by atoms with Crippen molar-refractivity contribution in [2.75, 3.05) is 32.1 Å². The molecule has 2 fully saturated rings. The zero-order valence-corrected chi connectivity index (χ0v) is 15.5. The van der Waals surface area contributed by atoms with Crippen LogP contribution in [0.1, 0.15) is 19.8 Å². The van der Waals surface area contributed by atoms with E-state index in [-0.39, 0.29) is 19.1 Å². The Labute approximate surface area is 152 Å². The Balaban J connectivity index is 1.63. The van der Waals surface area contributed by atoms with Gasteiger partial charge in [0.1, 0.15) is 5.75 Å². The van der Waals surface area contributed by atoms with Crippen LogP contribution >= 0.6 is 0 Å². The van der Waals surface area contributed by atoms with Gasteiger partial charge >= 0.3 is 5.97 Å². The summed E-state index contributed by atoms with van der Waals surface area (Å²) in [5.74, 6) is -0.621. The first kappa shape index (κ1) is 18.7. The van der Waals surface area contributed by atoms with Crippen molar-refractivity contribution in [2.24, 2.45) is 5.92 Å². The minimum Gasteiger partial charge on any atom is -0.482 e. The predicted octanol–water partition coefficient (Wildman–Crippen LogP) is 0.991. The monoisotopic (exact) mass is 382 g/mol. The molecule has 142 valence electrons. The zero-order valence-electron chi connectivity index (χ0n) is 14.7. The highest BCUT2D eigenvalue weighted by molar-refractivity contribution is 7.91. The molecule has 1 aliphatic heterocycles. The molecule has 0 bridgehead atoms. The fourth-order valence-electron chi connectivity index (χ4n) is 3.31. The van der Waals surface area contributed by atoms with Crippen molar-refractivity contribution in [2.45, 2.75) is 24.5 Å². The lowest BCUT2D eigenvalue weighted by Gasteiger charge is -2.28. The second-order valence-electron chi connectivity index (χ2n) is 6.48. The quantitative estimate of drug-likeness (QED) is 0.736. The molecule has 2 aliphatic rings.